The third-order valence-corrected chi connectivity index (χ3v) is 3.96. The van der Waals surface area contributed by atoms with E-state index in [1.807, 2.05) is 6.07 Å². The molecule has 0 fully saturated rings. The van der Waals surface area contributed by atoms with Crippen LogP contribution in [0.5, 0.6) is 0 Å². The molecular weight excluding hydrogens is 439 g/mol. The van der Waals surface area contributed by atoms with E-state index in [9.17, 15) is 8.42 Å². The van der Waals surface area contributed by atoms with Crippen molar-refractivity contribution >= 4 is 51.4 Å². The van der Waals surface area contributed by atoms with Crippen molar-refractivity contribution in [3.05, 3.63) is 29.0 Å². The van der Waals surface area contributed by atoms with Gasteiger partial charge in [-0.05, 0) is 24.5 Å². The van der Waals surface area contributed by atoms with E-state index >= 15 is 0 Å². The molecule has 0 aromatic carbocycles. The highest BCUT2D eigenvalue weighted by atomic mass is 127. The van der Waals surface area contributed by atoms with Crippen LogP contribution in [0.4, 0.5) is 0 Å². The highest BCUT2D eigenvalue weighted by molar-refractivity contribution is 14.0. The SMILES string of the molecule is CN=C(NCCCS(C)(=O)=O)NCCc1ccc(Cl)nc1.I. The summed E-state index contributed by atoms with van der Waals surface area (Å²) in [7, 11) is -1.23. The summed E-state index contributed by atoms with van der Waals surface area (Å²) >= 11 is 5.72. The standard InChI is InChI=1S/C13H21ClN4O2S.HI/c1-15-13(16-7-3-9-21(2,19)20)17-8-6-11-4-5-12(14)18-10-11;/h4-5,10H,3,6-9H2,1-2H3,(H2,15,16,17);1H. The van der Waals surface area contributed by atoms with Crippen molar-refractivity contribution in [1.29, 1.82) is 0 Å². The summed E-state index contributed by atoms with van der Waals surface area (Å²) in [6.45, 7) is 1.27. The molecule has 1 aromatic heterocycles. The topological polar surface area (TPSA) is 83.5 Å². The largest absolute Gasteiger partial charge is 0.356 e. The molecule has 1 heterocycles. The molecule has 6 nitrogen and oxygen atoms in total. The summed E-state index contributed by atoms with van der Waals surface area (Å²) in [6, 6.07) is 3.69. The van der Waals surface area contributed by atoms with E-state index < -0.39 is 9.84 Å². The van der Waals surface area contributed by atoms with Crippen LogP contribution in [0.15, 0.2) is 23.3 Å². The van der Waals surface area contributed by atoms with E-state index in [2.05, 4.69) is 20.6 Å². The number of sulfone groups is 1. The number of guanidine groups is 1. The van der Waals surface area contributed by atoms with E-state index in [0.29, 0.717) is 30.6 Å². The first kappa shape index (κ1) is 21.4. The first-order valence-electron chi connectivity index (χ1n) is 6.63. The zero-order chi connectivity index (χ0) is 15.7. The van der Waals surface area contributed by atoms with Crippen LogP contribution in [0, 0.1) is 0 Å². The van der Waals surface area contributed by atoms with Crippen LogP contribution in [0.25, 0.3) is 0 Å². The van der Waals surface area contributed by atoms with Gasteiger partial charge in [0.1, 0.15) is 15.0 Å². The van der Waals surface area contributed by atoms with Gasteiger partial charge in [-0.1, -0.05) is 17.7 Å². The Hall–Kier alpha value is -0.610. The lowest BCUT2D eigenvalue weighted by molar-refractivity contribution is 0.598. The average Bonchev–Trinajstić information content (AvgIpc) is 2.42. The summed E-state index contributed by atoms with van der Waals surface area (Å²) in [6.07, 6.45) is 4.33. The molecule has 22 heavy (non-hydrogen) atoms. The maximum absolute atomic E-state index is 11.0. The van der Waals surface area contributed by atoms with Crippen LogP contribution in [-0.4, -0.2) is 51.5 Å². The Bertz CT molecular complexity index is 564. The van der Waals surface area contributed by atoms with Gasteiger partial charge in [0, 0.05) is 32.6 Å². The molecule has 9 heteroatoms. The smallest absolute Gasteiger partial charge is 0.190 e. The van der Waals surface area contributed by atoms with Gasteiger partial charge in [-0.3, -0.25) is 4.99 Å². The second-order valence-electron chi connectivity index (χ2n) is 4.65. The van der Waals surface area contributed by atoms with Crippen LogP contribution in [-0.2, 0) is 16.3 Å². The van der Waals surface area contributed by atoms with Crippen molar-refractivity contribution in [3.63, 3.8) is 0 Å². The minimum Gasteiger partial charge on any atom is -0.356 e. The minimum atomic E-state index is -2.90. The van der Waals surface area contributed by atoms with E-state index in [1.165, 1.54) is 6.26 Å². The first-order chi connectivity index (χ1) is 9.90. The second kappa shape index (κ2) is 11.0. The molecule has 0 aliphatic rings. The van der Waals surface area contributed by atoms with E-state index in [4.69, 9.17) is 11.6 Å². The number of rotatable bonds is 7. The molecule has 0 amide bonds. The number of hydrogen-bond acceptors (Lipinski definition) is 4. The lowest BCUT2D eigenvalue weighted by Crippen LogP contribution is -2.39. The maximum atomic E-state index is 11.0. The van der Waals surface area contributed by atoms with Crippen molar-refractivity contribution < 1.29 is 8.42 Å². The molecule has 0 aliphatic heterocycles. The molecule has 0 aliphatic carbocycles. The Labute approximate surface area is 154 Å². The Balaban J connectivity index is 0.00000441. The molecule has 0 atom stereocenters. The second-order valence-corrected chi connectivity index (χ2v) is 7.30. The molecule has 0 radical (unpaired) electrons. The number of nitrogens with zero attached hydrogens (tertiary/aromatic N) is 2. The fourth-order valence-electron chi connectivity index (χ4n) is 1.64. The number of nitrogens with one attached hydrogen (secondary N) is 2. The molecular formula is C13H22ClIN4O2S. The molecule has 2 N–H and O–H groups in total. The monoisotopic (exact) mass is 460 g/mol. The van der Waals surface area contributed by atoms with E-state index in [0.717, 1.165) is 12.0 Å². The van der Waals surface area contributed by atoms with Crippen LogP contribution >= 0.6 is 35.6 Å². The molecule has 0 bridgehead atoms. The van der Waals surface area contributed by atoms with Gasteiger partial charge >= 0.3 is 0 Å². The molecule has 1 rings (SSSR count). The lowest BCUT2D eigenvalue weighted by Gasteiger charge is -2.11. The lowest BCUT2D eigenvalue weighted by atomic mass is 10.2. The Kier molecular flexibility index (Phi) is 10.7. The van der Waals surface area contributed by atoms with Gasteiger partial charge in [0.25, 0.3) is 0 Å². The van der Waals surface area contributed by atoms with Gasteiger partial charge in [0.05, 0.1) is 5.75 Å². The van der Waals surface area contributed by atoms with Gasteiger partial charge < -0.3 is 10.6 Å². The van der Waals surface area contributed by atoms with Gasteiger partial charge in [0.2, 0.25) is 0 Å². The Morgan fingerprint density at radius 2 is 2.00 bits per heavy atom. The quantitative estimate of drug-likeness (QED) is 0.212. The maximum Gasteiger partial charge on any atom is 0.190 e. The van der Waals surface area contributed by atoms with Crippen molar-refractivity contribution in [2.45, 2.75) is 12.8 Å². The fourth-order valence-corrected chi connectivity index (χ4v) is 2.42. The minimum absolute atomic E-state index is 0. The van der Waals surface area contributed by atoms with Crippen molar-refractivity contribution in [2.75, 3.05) is 32.1 Å². The van der Waals surface area contributed by atoms with Gasteiger partial charge in [-0.2, -0.15) is 0 Å². The Morgan fingerprint density at radius 1 is 1.32 bits per heavy atom. The number of aromatic nitrogens is 1. The first-order valence-corrected chi connectivity index (χ1v) is 9.07. The number of hydrogen-bond donors (Lipinski definition) is 2. The van der Waals surface area contributed by atoms with Crippen LogP contribution in [0.2, 0.25) is 5.15 Å². The third-order valence-electron chi connectivity index (χ3n) is 2.70. The average molecular weight is 461 g/mol. The van der Waals surface area contributed by atoms with Crippen LogP contribution in [0.1, 0.15) is 12.0 Å². The molecule has 0 saturated carbocycles. The fraction of sp³-hybridized carbons (Fsp3) is 0.538. The van der Waals surface area contributed by atoms with E-state index in [1.54, 1.807) is 19.3 Å². The third kappa shape index (κ3) is 10.2. The zero-order valence-electron chi connectivity index (χ0n) is 12.7. The van der Waals surface area contributed by atoms with Crippen LogP contribution in [0.3, 0.4) is 0 Å². The summed E-state index contributed by atoms with van der Waals surface area (Å²) in [5.41, 5.74) is 1.08. The van der Waals surface area contributed by atoms with Crippen LogP contribution < -0.4 is 10.6 Å². The zero-order valence-corrected chi connectivity index (χ0v) is 16.6. The summed E-state index contributed by atoms with van der Waals surface area (Å²) < 4.78 is 22.0. The normalized spacial score (nSPS) is 11.7. The summed E-state index contributed by atoms with van der Waals surface area (Å²) in [5.74, 6) is 0.832. The summed E-state index contributed by atoms with van der Waals surface area (Å²) in [4.78, 5) is 8.09. The van der Waals surface area contributed by atoms with Crippen molar-refractivity contribution in [2.24, 2.45) is 4.99 Å². The van der Waals surface area contributed by atoms with Gasteiger partial charge in [0.15, 0.2) is 5.96 Å². The van der Waals surface area contributed by atoms with Gasteiger partial charge in [-0.15, -0.1) is 24.0 Å². The highest BCUT2D eigenvalue weighted by Gasteiger charge is 2.02. The Morgan fingerprint density at radius 3 is 2.55 bits per heavy atom. The highest BCUT2D eigenvalue weighted by Crippen LogP contribution is 2.05. The number of halogens is 2. The molecule has 0 saturated heterocycles. The number of aliphatic imine (C=N–C) groups is 1. The molecule has 0 spiro atoms. The van der Waals surface area contributed by atoms with E-state index in [-0.39, 0.29) is 29.7 Å². The number of pyridine rings is 1. The molecule has 0 unspecified atom stereocenters. The molecule has 126 valence electrons. The van der Waals surface area contributed by atoms with Crippen molar-refractivity contribution in [1.82, 2.24) is 15.6 Å². The predicted octanol–water partition coefficient (Wildman–Crippen LogP) is 1.50. The van der Waals surface area contributed by atoms with Gasteiger partial charge in [-0.25, -0.2) is 13.4 Å². The molecule has 1 aromatic rings. The predicted molar refractivity (Wildman–Crippen MR) is 102 cm³/mol. The van der Waals surface area contributed by atoms with Crippen molar-refractivity contribution in [3.8, 4) is 0 Å². The summed E-state index contributed by atoms with van der Waals surface area (Å²) in [5, 5.41) is 6.72.